The summed E-state index contributed by atoms with van der Waals surface area (Å²) in [4.78, 5) is 0. The van der Waals surface area contributed by atoms with Gasteiger partial charge < -0.3 is 4.74 Å². The topological polar surface area (TPSA) is 9.23 Å². The Morgan fingerprint density at radius 2 is 1.79 bits per heavy atom. The molecule has 1 nitrogen and oxygen atoms in total. The zero-order chi connectivity index (χ0) is 20.1. The molecule has 0 heterocycles. The first-order chi connectivity index (χ1) is 14.2. The third-order valence-electron chi connectivity index (χ3n) is 6.46. The molecule has 2 aromatic carbocycles. The number of benzene rings is 2. The van der Waals surface area contributed by atoms with Crippen molar-refractivity contribution in [3.05, 3.63) is 82.9 Å². The lowest BCUT2D eigenvalue weighted by molar-refractivity contribution is 0.345. The fourth-order valence-corrected chi connectivity index (χ4v) is 4.58. The van der Waals surface area contributed by atoms with Crippen LogP contribution in [0.15, 0.2) is 66.3 Å². The number of hydrogen-bond acceptors (Lipinski definition) is 1. The second-order valence-electron chi connectivity index (χ2n) is 9.18. The maximum Gasteiger partial charge on any atom is 0.120 e. The van der Waals surface area contributed by atoms with Gasteiger partial charge in [-0.3, -0.25) is 0 Å². The second kappa shape index (κ2) is 9.48. The normalized spacial score (nSPS) is 18.8. The van der Waals surface area contributed by atoms with Gasteiger partial charge in [-0.15, -0.1) is 0 Å². The van der Waals surface area contributed by atoms with Crippen molar-refractivity contribution in [2.24, 2.45) is 11.8 Å². The lowest BCUT2D eigenvalue weighted by Gasteiger charge is -2.25. The molecule has 2 aliphatic rings. The molecular weight excluding hydrogens is 352 g/mol. The van der Waals surface area contributed by atoms with Crippen LogP contribution < -0.4 is 4.74 Å². The maximum atomic E-state index is 6.16. The fourth-order valence-electron chi connectivity index (χ4n) is 4.58. The van der Waals surface area contributed by atoms with Gasteiger partial charge >= 0.3 is 0 Å². The Hall–Kier alpha value is -2.28. The highest BCUT2D eigenvalue weighted by molar-refractivity contribution is 5.68. The molecule has 0 bridgehead atoms. The van der Waals surface area contributed by atoms with E-state index in [1.54, 1.807) is 5.56 Å². The highest BCUT2D eigenvalue weighted by atomic mass is 16.5. The molecule has 0 saturated heterocycles. The van der Waals surface area contributed by atoms with Crippen LogP contribution in [0.1, 0.15) is 62.6 Å². The van der Waals surface area contributed by atoms with Crippen molar-refractivity contribution in [3.63, 3.8) is 0 Å². The number of hydrogen-bond donors (Lipinski definition) is 0. The van der Waals surface area contributed by atoms with Gasteiger partial charge in [-0.25, -0.2) is 0 Å². The number of allylic oxidation sites excluding steroid dienone is 3. The van der Waals surface area contributed by atoms with Crippen molar-refractivity contribution < 1.29 is 4.74 Å². The van der Waals surface area contributed by atoms with E-state index in [2.05, 4.69) is 74.5 Å². The van der Waals surface area contributed by atoms with E-state index in [9.17, 15) is 0 Å². The van der Waals surface area contributed by atoms with Gasteiger partial charge in [0.2, 0.25) is 0 Å². The molecule has 0 radical (unpaired) electrons. The van der Waals surface area contributed by atoms with Crippen molar-refractivity contribution in [1.82, 2.24) is 0 Å². The number of ether oxygens (including phenoxy) is 1. The first-order valence-electron chi connectivity index (χ1n) is 11.4. The van der Waals surface area contributed by atoms with E-state index in [0.29, 0.717) is 6.61 Å². The van der Waals surface area contributed by atoms with E-state index in [1.807, 2.05) is 0 Å². The molecule has 0 aliphatic heterocycles. The maximum absolute atomic E-state index is 6.16. The zero-order valence-corrected chi connectivity index (χ0v) is 18.0. The Morgan fingerprint density at radius 3 is 2.55 bits per heavy atom. The monoisotopic (exact) mass is 386 g/mol. The standard InChI is InChI=1S/C28H34O/c1-21(2)8-9-22-10-15-27-19-28(17-16-26(27)18-22)29-20-23-11-13-25(14-12-23)24-6-4-3-5-7-24/h3-7,11,13,16-17,19,21-22H,8-10,12,14-15,18,20H2,1-2H3. The van der Waals surface area contributed by atoms with E-state index in [-0.39, 0.29) is 0 Å². The quantitative estimate of drug-likeness (QED) is 0.481. The van der Waals surface area contributed by atoms with Crippen molar-refractivity contribution >= 4 is 5.57 Å². The Kier molecular flexibility index (Phi) is 6.54. The molecule has 0 saturated carbocycles. The van der Waals surface area contributed by atoms with Gasteiger partial charge in [0.25, 0.3) is 0 Å². The summed E-state index contributed by atoms with van der Waals surface area (Å²) < 4.78 is 6.16. The Balaban J connectivity index is 1.32. The summed E-state index contributed by atoms with van der Waals surface area (Å²) in [5, 5.41) is 0. The molecule has 0 aromatic heterocycles. The largest absolute Gasteiger partial charge is 0.489 e. The molecule has 1 heteroatoms. The summed E-state index contributed by atoms with van der Waals surface area (Å²) in [6.45, 7) is 5.37. The number of fused-ring (bicyclic) bond motifs is 1. The average Bonchev–Trinajstić information content (AvgIpc) is 2.77. The van der Waals surface area contributed by atoms with Crippen LogP contribution in [-0.4, -0.2) is 6.61 Å². The Labute approximate surface area is 176 Å². The van der Waals surface area contributed by atoms with Crippen molar-refractivity contribution in [1.29, 1.82) is 0 Å². The minimum atomic E-state index is 0.703. The molecule has 0 spiro atoms. The highest BCUT2D eigenvalue weighted by Gasteiger charge is 2.19. The van der Waals surface area contributed by atoms with Crippen LogP contribution in [0.4, 0.5) is 0 Å². The Morgan fingerprint density at radius 1 is 0.931 bits per heavy atom. The summed E-state index contributed by atoms with van der Waals surface area (Å²) in [5.41, 5.74) is 7.20. The predicted molar refractivity (Wildman–Crippen MR) is 123 cm³/mol. The molecule has 1 atom stereocenters. The van der Waals surface area contributed by atoms with E-state index < -0.39 is 0 Å². The minimum Gasteiger partial charge on any atom is -0.489 e. The molecule has 29 heavy (non-hydrogen) atoms. The second-order valence-corrected chi connectivity index (χ2v) is 9.18. The first-order valence-corrected chi connectivity index (χ1v) is 11.4. The van der Waals surface area contributed by atoms with Crippen LogP contribution in [0.2, 0.25) is 0 Å². The van der Waals surface area contributed by atoms with Gasteiger partial charge in [0.1, 0.15) is 12.4 Å². The number of aryl methyl sites for hydroxylation is 1. The molecule has 2 aliphatic carbocycles. The van der Waals surface area contributed by atoms with Gasteiger partial charge in [-0.1, -0.05) is 68.8 Å². The number of rotatable bonds is 7. The van der Waals surface area contributed by atoms with Crippen LogP contribution in [-0.2, 0) is 12.8 Å². The van der Waals surface area contributed by atoms with E-state index in [0.717, 1.165) is 30.4 Å². The van der Waals surface area contributed by atoms with Gasteiger partial charge in [0.05, 0.1) is 0 Å². The summed E-state index contributed by atoms with van der Waals surface area (Å²) in [5.74, 6) is 2.72. The van der Waals surface area contributed by atoms with Crippen LogP contribution in [0.5, 0.6) is 5.75 Å². The zero-order valence-electron chi connectivity index (χ0n) is 18.0. The fraction of sp³-hybridized carbons (Fsp3) is 0.429. The molecule has 1 unspecified atom stereocenters. The van der Waals surface area contributed by atoms with Gasteiger partial charge in [-0.05, 0) is 90.3 Å². The summed E-state index contributed by atoms with van der Waals surface area (Å²) in [6, 6.07) is 17.5. The SMILES string of the molecule is CC(C)CCC1CCc2cc(OCC3=CC=C(c4ccccc4)CC3)ccc2C1. The lowest BCUT2D eigenvalue weighted by Crippen LogP contribution is -2.15. The third kappa shape index (κ3) is 5.41. The van der Waals surface area contributed by atoms with Crippen LogP contribution in [0.3, 0.4) is 0 Å². The van der Waals surface area contributed by atoms with Crippen LogP contribution in [0.25, 0.3) is 5.57 Å². The lowest BCUT2D eigenvalue weighted by atomic mass is 9.80. The summed E-state index contributed by atoms with van der Waals surface area (Å²) in [6.07, 6.45) is 13.2. The summed E-state index contributed by atoms with van der Waals surface area (Å²) in [7, 11) is 0. The van der Waals surface area contributed by atoms with E-state index in [1.165, 1.54) is 54.4 Å². The first kappa shape index (κ1) is 20.0. The summed E-state index contributed by atoms with van der Waals surface area (Å²) >= 11 is 0. The molecule has 152 valence electrons. The van der Waals surface area contributed by atoms with E-state index >= 15 is 0 Å². The molecule has 0 N–H and O–H groups in total. The molecule has 0 fully saturated rings. The van der Waals surface area contributed by atoms with Crippen LogP contribution in [0, 0.1) is 11.8 Å². The highest BCUT2D eigenvalue weighted by Crippen LogP contribution is 2.32. The molecule has 4 rings (SSSR count). The van der Waals surface area contributed by atoms with E-state index in [4.69, 9.17) is 4.74 Å². The van der Waals surface area contributed by atoms with Crippen molar-refractivity contribution in [3.8, 4) is 5.75 Å². The smallest absolute Gasteiger partial charge is 0.120 e. The molecule has 0 amide bonds. The van der Waals surface area contributed by atoms with Crippen molar-refractivity contribution in [2.75, 3.05) is 6.61 Å². The molecular formula is C28H34O. The van der Waals surface area contributed by atoms with Gasteiger partial charge in [0.15, 0.2) is 0 Å². The third-order valence-corrected chi connectivity index (χ3v) is 6.46. The van der Waals surface area contributed by atoms with Gasteiger partial charge in [-0.2, -0.15) is 0 Å². The van der Waals surface area contributed by atoms with Crippen LogP contribution >= 0.6 is 0 Å². The van der Waals surface area contributed by atoms with Gasteiger partial charge in [0, 0.05) is 0 Å². The predicted octanol–water partition coefficient (Wildman–Crippen LogP) is 7.41. The molecule has 2 aromatic rings. The minimum absolute atomic E-state index is 0.703. The Bertz CT molecular complexity index is 872. The average molecular weight is 387 g/mol. The van der Waals surface area contributed by atoms with Crippen molar-refractivity contribution in [2.45, 2.75) is 58.8 Å².